The number of carbonyl (C=O) groups excluding carboxylic acids is 2. The molecule has 120 valence electrons. The van der Waals surface area contributed by atoms with Crippen LogP contribution in [0, 0.1) is 11.3 Å². The Kier molecular flexibility index (Phi) is 4.34. The number of carbonyl (C=O) groups is 2. The van der Waals surface area contributed by atoms with E-state index in [1.807, 2.05) is 25.7 Å². The molecule has 0 aromatic carbocycles. The van der Waals surface area contributed by atoms with Crippen LogP contribution in [0.15, 0.2) is 0 Å². The normalized spacial score (nSPS) is 35.7. The number of amides is 2. The van der Waals surface area contributed by atoms with Crippen molar-refractivity contribution in [3.63, 3.8) is 0 Å². The molecule has 5 heteroatoms. The topological polar surface area (TPSA) is 58.6 Å². The van der Waals surface area contributed by atoms with Gasteiger partial charge < -0.3 is 15.0 Å². The maximum absolute atomic E-state index is 12.9. The van der Waals surface area contributed by atoms with Crippen molar-refractivity contribution < 1.29 is 14.3 Å². The minimum absolute atomic E-state index is 0.0209. The van der Waals surface area contributed by atoms with E-state index < -0.39 is 6.04 Å². The van der Waals surface area contributed by atoms with Gasteiger partial charge in [0.15, 0.2) is 0 Å². The molecule has 1 heterocycles. The first kappa shape index (κ1) is 16.3. The van der Waals surface area contributed by atoms with Gasteiger partial charge in [0.1, 0.15) is 12.1 Å². The fourth-order valence-electron chi connectivity index (χ4n) is 3.69. The van der Waals surface area contributed by atoms with Crippen LogP contribution in [-0.4, -0.2) is 48.1 Å². The molecule has 5 nitrogen and oxygen atoms in total. The average molecular weight is 296 g/mol. The molecule has 4 unspecified atom stereocenters. The Morgan fingerprint density at radius 2 is 2.00 bits per heavy atom. The second-order valence-corrected chi connectivity index (χ2v) is 7.20. The van der Waals surface area contributed by atoms with Crippen LogP contribution in [0.5, 0.6) is 0 Å². The Hall–Kier alpha value is -1.10. The van der Waals surface area contributed by atoms with E-state index in [1.165, 1.54) is 0 Å². The summed E-state index contributed by atoms with van der Waals surface area (Å²) in [7, 11) is 1.71. The van der Waals surface area contributed by atoms with Crippen LogP contribution in [0.3, 0.4) is 0 Å². The van der Waals surface area contributed by atoms with Crippen molar-refractivity contribution in [2.24, 2.45) is 11.3 Å². The van der Waals surface area contributed by atoms with E-state index in [1.54, 1.807) is 7.11 Å². The van der Waals surface area contributed by atoms with E-state index in [2.05, 4.69) is 19.2 Å². The van der Waals surface area contributed by atoms with Gasteiger partial charge in [0.2, 0.25) is 11.8 Å². The molecule has 1 N–H and O–H groups in total. The summed E-state index contributed by atoms with van der Waals surface area (Å²) < 4.78 is 5.49. The van der Waals surface area contributed by atoms with Gasteiger partial charge in [-0.3, -0.25) is 9.59 Å². The highest BCUT2D eigenvalue weighted by Crippen LogP contribution is 2.47. The Labute approximate surface area is 127 Å². The smallest absolute Gasteiger partial charge is 0.246 e. The van der Waals surface area contributed by atoms with E-state index >= 15 is 0 Å². The minimum Gasteiger partial charge on any atom is -0.381 e. The third kappa shape index (κ3) is 2.45. The Balaban J connectivity index is 2.29. The van der Waals surface area contributed by atoms with Gasteiger partial charge in [0.25, 0.3) is 0 Å². The van der Waals surface area contributed by atoms with Crippen LogP contribution >= 0.6 is 0 Å². The molecule has 1 aliphatic carbocycles. The van der Waals surface area contributed by atoms with Gasteiger partial charge in [0.05, 0.1) is 6.10 Å². The van der Waals surface area contributed by atoms with Gasteiger partial charge in [-0.2, -0.15) is 0 Å². The number of methoxy groups -OCH3 is 1. The van der Waals surface area contributed by atoms with Gasteiger partial charge in [-0.05, 0) is 18.8 Å². The molecular formula is C16H28N2O3. The average Bonchev–Trinajstić information content (AvgIpc) is 2.41. The third-order valence-electron chi connectivity index (χ3n) is 5.26. The van der Waals surface area contributed by atoms with Crippen LogP contribution in [0.1, 0.15) is 47.5 Å². The predicted octanol–water partition coefficient (Wildman–Crippen LogP) is 1.56. The van der Waals surface area contributed by atoms with Gasteiger partial charge in [-0.15, -0.1) is 0 Å². The Morgan fingerprint density at radius 3 is 2.43 bits per heavy atom. The van der Waals surface area contributed by atoms with Crippen molar-refractivity contribution in [1.82, 2.24) is 10.2 Å². The van der Waals surface area contributed by atoms with Crippen LogP contribution in [0.4, 0.5) is 0 Å². The second-order valence-electron chi connectivity index (χ2n) is 7.20. The van der Waals surface area contributed by atoms with Crippen molar-refractivity contribution in [2.45, 2.75) is 71.7 Å². The fraction of sp³-hybridized carbons (Fsp3) is 0.875. The van der Waals surface area contributed by atoms with Crippen molar-refractivity contribution in [3.8, 4) is 0 Å². The minimum atomic E-state index is -0.405. The van der Waals surface area contributed by atoms with Crippen LogP contribution in [-0.2, 0) is 14.3 Å². The molecule has 0 aromatic rings. The summed E-state index contributed by atoms with van der Waals surface area (Å²) >= 11 is 0. The number of hydrogen-bond acceptors (Lipinski definition) is 3. The van der Waals surface area contributed by atoms with E-state index in [-0.39, 0.29) is 41.3 Å². The number of nitrogens with zero attached hydrogens (tertiary/aromatic N) is 1. The fourth-order valence-corrected chi connectivity index (χ4v) is 3.69. The molecule has 2 fully saturated rings. The monoisotopic (exact) mass is 296 g/mol. The number of ether oxygens (including phenoxy) is 1. The molecule has 1 saturated carbocycles. The molecule has 0 spiro atoms. The molecule has 2 amide bonds. The lowest BCUT2D eigenvalue weighted by Gasteiger charge is -2.58. The molecule has 2 aliphatic rings. The second kappa shape index (κ2) is 5.59. The molecule has 0 bridgehead atoms. The van der Waals surface area contributed by atoms with Gasteiger partial charge >= 0.3 is 0 Å². The maximum atomic E-state index is 12.9. The summed E-state index contributed by atoms with van der Waals surface area (Å²) in [6.07, 6.45) is 1.60. The Bertz CT molecular complexity index is 433. The first-order valence-electron chi connectivity index (χ1n) is 7.91. The van der Waals surface area contributed by atoms with Crippen molar-refractivity contribution in [1.29, 1.82) is 0 Å². The number of nitrogens with one attached hydrogen (secondary N) is 1. The highest BCUT2D eigenvalue weighted by atomic mass is 16.5. The lowest BCUT2D eigenvalue weighted by atomic mass is 9.63. The summed E-state index contributed by atoms with van der Waals surface area (Å²) in [5.74, 6) is 0.139. The maximum Gasteiger partial charge on any atom is 0.246 e. The van der Waals surface area contributed by atoms with Gasteiger partial charge in [-0.25, -0.2) is 0 Å². The highest BCUT2D eigenvalue weighted by Gasteiger charge is 2.56. The highest BCUT2D eigenvalue weighted by molar-refractivity contribution is 5.97. The summed E-state index contributed by atoms with van der Waals surface area (Å²) in [4.78, 5) is 27.1. The largest absolute Gasteiger partial charge is 0.381 e. The zero-order valence-electron chi connectivity index (χ0n) is 14.0. The molecule has 21 heavy (non-hydrogen) atoms. The van der Waals surface area contributed by atoms with Crippen molar-refractivity contribution >= 4 is 11.8 Å². The van der Waals surface area contributed by atoms with Crippen molar-refractivity contribution in [3.05, 3.63) is 0 Å². The first-order valence-corrected chi connectivity index (χ1v) is 7.91. The quantitative estimate of drug-likeness (QED) is 0.856. The van der Waals surface area contributed by atoms with E-state index in [9.17, 15) is 9.59 Å². The summed E-state index contributed by atoms with van der Waals surface area (Å²) in [5, 5.41) is 2.89. The lowest BCUT2D eigenvalue weighted by molar-refractivity contribution is -0.179. The third-order valence-corrected chi connectivity index (χ3v) is 5.26. The summed E-state index contributed by atoms with van der Waals surface area (Å²) in [5.41, 5.74) is -0.114. The molecular weight excluding hydrogens is 268 g/mol. The van der Waals surface area contributed by atoms with E-state index in [0.29, 0.717) is 6.42 Å². The molecule has 2 rings (SSSR count). The summed E-state index contributed by atoms with van der Waals surface area (Å²) in [6.45, 7) is 10.1. The zero-order valence-corrected chi connectivity index (χ0v) is 14.0. The van der Waals surface area contributed by atoms with Gasteiger partial charge in [0, 0.05) is 18.6 Å². The van der Waals surface area contributed by atoms with E-state index in [4.69, 9.17) is 4.74 Å². The molecule has 4 atom stereocenters. The summed E-state index contributed by atoms with van der Waals surface area (Å²) in [6, 6.07) is -0.681. The molecule has 1 aliphatic heterocycles. The number of hydrogen-bond donors (Lipinski definition) is 1. The first-order chi connectivity index (χ1) is 9.75. The van der Waals surface area contributed by atoms with Crippen LogP contribution < -0.4 is 5.32 Å². The Morgan fingerprint density at radius 1 is 1.38 bits per heavy atom. The molecule has 0 radical (unpaired) electrons. The van der Waals surface area contributed by atoms with E-state index in [0.717, 1.165) is 6.42 Å². The van der Waals surface area contributed by atoms with Crippen molar-refractivity contribution in [2.75, 3.05) is 7.11 Å². The lowest BCUT2D eigenvalue weighted by Crippen LogP contribution is -2.73. The standard InChI is InChI=1S/C16H28N2O3/c1-7-10-14(19)17-13(9(2)3)15(20)18(10)11-8-12(21-6)16(11,4)5/h9-13H,7-8H2,1-6H3,(H,17,19). The van der Waals surface area contributed by atoms with Crippen LogP contribution in [0.25, 0.3) is 0 Å². The molecule has 0 aromatic heterocycles. The number of piperazine rings is 1. The molecule has 1 saturated heterocycles. The van der Waals surface area contributed by atoms with Crippen LogP contribution in [0.2, 0.25) is 0 Å². The zero-order chi connectivity index (χ0) is 15.9. The predicted molar refractivity (Wildman–Crippen MR) is 80.7 cm³/mol. The SMILES string of the molecule is CCC1C(=O)NC(C(C)C)C(=O)N1C1CC(OC)C1(C)C. The van der Waals surface area contributed by atoms with Gasteiger partial charge in [-0.1, -0.05) is 34.6 Å². The number of rotatable bonds is 4.